The first kappa shape index (κ1) is 18.5. The zero-order chi connectivity index (χ0) is 17.6. The Morgan fingerprint density at radius 3 is 2.48 bits per heavy atom. The van der Waals surface area contributed by atoms with Crippen molar-refractivity contribution in [2.24, 2.45) is 0 Å². The molecule has 25 heavy (non-hydrogen) atoms. The van der Waals surface area contributed by atoms with Gasteiger partial charge in [-0.05, 0) is 42.5 Å². The molecule has 0 bridgehead atoms. The molecule has 0 saturated carbocycles. The summed E-state index contributed by atoms with van der Waals surface area (Å²) in [7, 11) is 0. The molecule has 3 aromatic rings. The molecule has 0 aliphatic carbocycles. The van der Waals surface area contributed by atoms with Crippen LogP contribution in [0.2, 0.25) is 15.1 Å². The Labute approximate surface area is 165 Å². The van der Waals surface area contributed by atoms with Crippen molar-refractivity contribution in [2.45, 2.75) is 16.7 Å². The number of benzene rings is 2. The summed E-state index contributed by atoms with van der Waals surface area (Å²) in [5.74, 6) is 0.780. The Bertz CT molecular complexity index is 810. The van der Waals surface area contributed by atoms with E-state index in [2.05, 4.69) is 4.98 Å². The molecule has 0 N–H and O–H groups in total. The standard InChI is InChI=1S/C18H15Cl3N2OS/c19-13-1-4-15(5-2-13)24-11-16(10-23-8-7-22-12-23)25-18-6-3-14(20)9-17(18)21/h1-9,12,16H,10-11H2. The van der Waals surface area contributed by atoms with Gasteiger partial charge in [0.15, 0.2) is 0 Å². The second-order valence-electron chi connectivity index (χ2n) is 5.34. The van der Waals surface area contributed by atoms with Crippen LogP contribution in [-0.4, -0.2) is 21.4 Å². The summed E-state index contributed by atoms with van der Waals surface area (Å²) in [5, 5.41) is 2.09. The molecule has 0 spiro atoms. The summed E-state index contributed by atoms with van der Waals surface area (Å²) in [6, 6.07) is 12.9. The molecule has 2 aromatic carbocycles. The number of hydrogen-bond acceptors (Lipinski definition) is 3. The SMILES string of the molecule is Clc1ccc(OCC(Cn2ccnc2)Sc2ccc(Cl)cc2Cl)cc1. The van der Waals surface area contributed by atoms with Gasteiger partial charge in [-0.3, -0.25) is 0 Å². The highest BCUT2D eigenvalue weighted by Gasteiger charge is 2.15. The fourth-order valence-corrected chi connectivity index (χ4v) is 3.95. The number of imidazole rings is 1. The van der Waals surface area contributed by atoms with E-state index in [0.717, 1.165) is 17.2 Å². The quantitative estimate of drug-likeness (QED) is 0.439. The molecule has 0 aliphatic rings. The molecule has 3 nitrogen and oxygen atoms in total. The largest absolute Gasteiger partial charge is 0.492 e. The van der Waals surface area contributed by atoms with E-state index < -0.39 is 0 Å². The van der Waals surface area contributed by atoms with Crippen molar-refractivity contribution in [2.75, 3.05) is 6.61 Å². The van der Waals surface area contributed by atoms with Gasteiger partial charge in [-0.15, -0.1) is 11.8 Å². The van der Waals surface area contributed by atoms with E-state index in [4.69, 9.17) is 39.5 Å². The van der Waals surface area contributed by atoms with Crippen molar-refractivity contribution in [3.8, 4) is 5.75 Å². The summed E-state index contributed by atoms with van der Waals surface area (Å²) < 4.78 is 7.95. The predicted octanol–water partition coefficient (Wildman–Crippen LogP) is 6.08. The second-order valence-corrected chi connectivity index (χ2v) is 7.96. The Balaban J connectivity index is 1.71. The van der Waals surface area contributed by atoms with Gasteiger partial charge in [-0.2, -0.15) is 0 Å². The van der Waals surface area contributed by atoms with Crippen LogP contribution in [0.15, 0.2) is 66.1 Å². The Kier molecular flexibility index (Phi) is 6.54. The van der Waals surface area contributed by atoms with Crippen molar-refractivity contribution in [1.82, 2.24) is 9.55 Å². The van der Waals surface area contributed by atoms with Crippen LogP contribution < -0.4 is 4.74 Å². The maximum atomic E-state index is 6.31. The molecule has 0 amide bonds. The minimum atomic E-state index is 0.142. The molecule has 0 saturated heterocycles. The molecular formula is C18H15Cl3N2OS. The summed E-state index contributed by atoms with van der Waals surface area (Å²) >= 11 is 19.9. The van der Waals surface area contributed by atoms with E-state index in [1.165, 1.54) is 0 Å². The third kappa shape index (κ3) is 5.58. The third-order valence-electron chi connectivity index (χ3n) is 3.41. The lowest BCUT2D eigenvalue weighted by Gasteiger charge is -2.19. The fourth-order valence-electron chi connectivity index (χ4n) is 2.22. The van der Waals surface area contributed by atoms with Crippen molar-refractivity contribution in [3.63, 3.8) is 0 Å². The van der Waals surface area contributed by atoms with Crippen LogP contribution in [0.25, 0.3) is 0 Å². The van der Waals surface area contributed by atoms with Crippen molar-refractivity contribution in [3.05, 3.63) is 76.3 Å². The average Bonchev–Trinajstić information content (AvgIpc) is 3.09. The van der Waals surface area contributed by atoms with Gasteiger partial charge >= 0.3 is 0 Å². The predicted molar refractivity (Wildman–Crippen MR) is 105 cm³/mol. The zero-order valence-corrected chi connectivity index (χ0v) is 16.2. The topological polar surface area (TPSA) is 27.1 Å². The molecule has 0 radical (unpaired) electrons. The number of ether oxygens (including phenoxy) is 1. The summed E-state index contributed by atoms with van der Waals surface area (Å²) in [4.78, 5) is 5.06. The minimum absolute atomic E-state index is 0.142. The van der Waals surface area contributed by atoms with E-state index >= 15 is 0 Å². The molecule has 1 atom stereocenters. The average molecular weight is 414 g/mol. The van der Waals surface area contributed by atoms with Crippen molar-refractivity contribution in [1.29, 1.82) is 0 Å². The van der Waals surface area contributed by atoms with E-state index in [9.17, 15) is 0 Å². The van der Waals surface area contributed by atoms with Crippen LogP contribution >= 0.6 is 46.6 Å². The maximum Gasteiger partial charge on any atom is 0.119 e. The molecule has 0 fully saturated rings. The van der Waals surface area contributed by atoms with Gasteiger partial charge in [0.05, 0.1) is 16.6 Å². The highest BCUT2D eigenvalue weighted by molar-refractivity contribution is 8.00. The highest BCUT2D eigenvalue weighted by atomic mass is 35.5. The lowest BCUT2D eigenvalue weighted by atomic mass is 10.3. The number of thioether (sulfide) groups is 1. The molecule has 0 aliphatic heterocycles. The lowest BCUT2D eigenvalue weighted by molar-refractivity contribution is 0.308. The summed E-state index contributed by atoms with van der Waals surface area (Å²) in [6.07, 6.45) is 5.48. The number of rotatable bonds is 7. The van der Waals surface area contributed by atoms with Crippen LogP contribution in [0.1, 0.15) is 0 Å². The Morgan fingerprint density at radius 2 is 1.80 bits per heavy atom. The van der Waals surface area contributed by atoms with E-state index in [1.54, 1.807) is 30.4 Å². The molecule has 3 rings (SSSR count). The molecular weight excluding hydrogens is 399 g/mol. The fraction of sp³-hybridized carbons (Fsp3) is 0.167. The van der Waals surface area contributed by atoms with Gasteiger partial charge in [0.25, 0.3) is 0 Å². The van der Waals surface area contributed by atoms with Gasteiger partial charge in [0, 0.05) is 33.9 Å². The van der Waals surface area contributed by atoms with Crippen molar-refractivity contribution < 1.29 is 4.74 Å². The second kappa shape index (κ2) is 8.86. The Morgan fingerprint density at radius 1 is 1.04 bits per heavy atom. The van der Waals surface area contributed by atoms with Gasteiger partial charge in [-0.25, -0.2) is 4.98 Å². The first-order valence-corrected chi connectivity index (χ1v) is 9.57. The number of nitrogens with zero attached hydrogens (tertiary/aromatic N) is 2. The van der Waals surface area contributed by atoms with Crippen LogP contribution in [0.5, 0.6) is 5.75 Å². The summed E-state index contributed by atoms with van der Waals surface area (Å²) in [6.45, 7) is 1.26. The minimum Gasteiger partial charge on any atom is -0.492 e. The first-order valence-electron chi connectivity index (χ1n) is 7.56. The van der Waals surface area contributed by atoms with Crippen LogP contribution in [-0.2, 0) is 6.54 Å². The third-order valence-corrected chi connectivity index (χ3v) is 5.55. The molecule has 7 heteroatoms. The normalized spacial score (nSPS) is 12.1. The molecule has 1 unspecified atom stereocenters. The van der Waals surface area contributed by atoms with E-state index in [1.807, 2.05) is 47.2 Å². The lowest BCUT2D eigenvalue weighted by Crippen LogP contribution is -2.20. The molecule has 130 valence electrons. The molecule has 1 aromatic heterocycles. The Hall–Kier alpha value is -1.33. The monoisotopic (exact) mass is 412 g/mol. The van der Waals surface area contributed by atoms with Crippen LogP contribution in [0, 0.1) is 0 Å². The number of halogens is 3. The first-order chi connectivity index (χ1) is 12.1. The van der Waals surface area contributed by atoms with Crippen LogP contribution in [0.3, 0.4) is 0 Å². The maximum absolute atomic E-state index is 6.31. The van der Waals surface area contributed by atoms with E-state index in [-0.39, 0.29) is 5.25 Å². The van der Waals surface area contributed by atoms with Gasteiger partial charge < -0.3 is 9.30 Å². The number of hydrogen-bond donors (Lipinski definition) is 0. The van der Waals surface area contributed by atoms with E-state index in [0.29, 0.717) is 21.7 Å². The van der Waals surface area contributed by atoms with Gasteiger partial charge in [0.2, 0.25) is 0 Å². The molecule has 1 heterocycles. The number of aromatic nitrogens is 2. The van der Waals surface area contributed by atoms with Gasteiger partial charge in [-0.1, -0.05) is 34.8 Å². The highest BCUT2D eigenvalue weighted by Crippen LogP contribution is 2.33. The van der Waals surface area contributed by atoms with Crippen LogP contribution in [0.4, 0.5) is 0 Å². The van der Waals surface area contributed by atoms with Crippen molar-refractivity contribution >= 4 is 46.6 Å². The van der Waals surface area contributed by atoms with Gasteiger partial charge in [0.1, 0.15) is 12.4 Å². The zero-order valence-electron chi connectivity index (χ0n) is 13.1. The summed E-state index contributed by atoms with van der Waals surface area (Å²) in [5.41, 5.74) is 0. The smallest absolute Gasteiger partial charge is 0.119 e.